The van der Waals surface area contributed by atoms with E-state index in [0.29, 0.717) is 19.0 Å². The minimum absolute atomic E-state index is 0.209. The Kier molecular flexibility index (Phi) is 5.19. The molecule has 23 heavy (non-hydrogen) atoms. The average Bonchev–Trinajstić information content (AvgIpc) is 2.53. The summed E-state index contributed by atoms with van der Waals surface area (Å²) in [5, 5.41) is 8.91. The van der Waals surface area contributed by atoms with E-state index in [4.69, 9.17) is 10.00 Å². The minimum atomic E-state index is -0.462. The Bertz CT molecular complexity index is 595. The lowest BCUT2D eigenvalue weighted by atomic mass is 9.83. The number of piperidine rings is 1. The highest BCUT2D eigenvalue weighted by molar-refractivity contribution is 5.68. The Labute approximate surface area is 137 Å². The molecule has 0 saturated carbocycles. The normalized spacial score (nSPS) is 17.4. The second kappa shape index (κ2) is 6.95. The maximum absolute atomic E-state index is 12.1. The van der Waals surface area contributed by atoms with Gasteiger partial charge in [0, 0.05) is 30.9 Å². The van der Waals surface area contributed by atoms with Crippen LogP contribution in [0.3, 0.4) is 0 Å². The van der Waals surface area contributed by atoms with Crippen LogP contribution in [0.15, 0.2) is 12.3 Å². The van der Waals surface area contributed by atoms with Gasteiger partial charge in [0.15, 0.2) is 0 Å². The van der Waals surface area contributed by atoms with Gasteiger partial charge in [-0.15, -0.1) is 0 Å². The second-order valence-electron chi connectivity index (χ2n) is 7.01. The van der Waals surface area contributed by atoms with E-state index in [1.807, 2.05) is 32.9 Å². The van der Waals surface area contributed by atoms with Gasteiger partial charge in [0.05, 0.1) is 0 Å². The molecule has 2 rings (SSSR count). The minimum Gasteiger partial charge on any atom is -0.444 e. The standard InChI is InChI=1S/C17H24N4O2/c1-12(14-5-8-19-15(11-18)20-14)13-6-9-21(10-7-13)16(22)23-17(2,3)4/h5,8,12-13H,6-7,9-10H2,1-4H3. The summed E-state index contributed by atoms with van der Waals surface area (Å²) in [6, 6.07) is 3.84. The van der Waals surface area contributed by atoms with E-state index in [-0.39, 0.29) is 17.8 Å². The molecule has 1 aliphatic heterocycles. The van der Waals surface area contributed by atoms with Gasteiger partial charge in [0.1, 0.15) is 11.7 Å². The summed E-state index contributed by atoms with van der Waals surface area (Å²) in [6.07, 6.45) is 3.21. The number of nitriles is 1. The highest BCUT2D eigenvalue weighted by atomic mass is 16.6. The number of hydrogen-bond acceptors (Lipinski definition) is 5. The summed E-state index contributed by atoms with van der Waals surface area (Å²) in [7, 11) is 0. The lowest BCUT2D eigenvalue weighted by molar-refractivity contribution is 0.0175. The zero-order valence-corrected chi connectivity index (χ0v) is 14.2. The first-order valence-corrected chi connectivity index (χ1v) is 8.01. The van der Waals surface area contributed by atoms with Gasteiger partial charge in [-0.2, -0.15) is 5.26 Å². The lowest BCUT2D eigenvalue weighted by Crippen LogP contribution is -2.42. The van der Waals surface area contributed by atoms with Crippen LogP contribution >= 0.6 is 0 Å². The zero-order chi connectivity index (χ0) is 17.0. The Hall–Kier alpha value is -2.16. The van der Waals surface area contributed by atoms with Crippen LogP contribution in [0.4, 0.5) is 4.79 Å². The summed E-state index contributed by atoms with van der Waals surface area (Å²) in [5.74, 6) is 0.890. The Morgan fingerprint density at radius 3 is 2.65 bits per heavy atom. The number of amides is 1. The monoisotopic (exact) mass is 316 g/mol. The first-order valence-electron chi connectivity index (χ1n) is 8.01. The van der Waals surface area contributed by atoms with Gasteiger partial charge in [-0.1, -0.05) is 6.92 Å². The third-order valence-corrected chi connectivity index (χ3v) is 4.14. The summed E-state index contributed by atoms with van der Waals surface area (Å²) in [4.78, 5) is 22.1. The van der Waals surface area contributed by atoms with Crippen molar-refractivity contribution >= 4 is 6.09 Å². The lowest BCUT2D eigenvalue weighted by Gasteiger charge is -2.35. The molecule has 0 bridgehead atoms. The molecule has 1 amide bonds. The summed E-state index contributed by atoms with van der Waals surface area (Å²) >= 11 is 0. The van der Waals surface area contributed by atoms with Crippen molar-refractivity contribution in [3.8, 4) is 6.07 Å². The molecule has 6 nitrogen and oxygen atoms in total. The smallest absolute Gasteiger partial charge is 0.410 e. The highest BCUT2D eigenvalue weighted by Gasteiger charge is 2.30. The molecule has 0 aromatic carbocycles. The molecule has 1 fully saturated rings. The fourth-order valence-corrected chi connectivity index (χ4v) is 2.83. The van der Waals surface area contributed by atoms with E-state index in [2.05, 4.69) is 16.9 Å². The topological polar surface area (TPSA) is 79.1 Å². The SMILES string of the molecule is CC(c1ccnc(C#N)n1)C1CCN(C(=O)OC(C)(C)C)CC1. The molecular formula is C17H24N4O2. The van der Waals surface area contributed by atoms with Crippen molar-refractivity contribution in [1.29, 1.82) is 5.26 Å². The fourth-order valence-electron chi connectivity index (χ4n) is 2.83. The summed E-state index contributed by atoms with van der Waals surface area (Å²) in [6.45, 7) is 9.14. The van der Waals surface area contributed by atoms with Gasteiger partial charge in [0.2, 0.25) is 5.82 Å². The predicted molar refractivity (Wildman–Crippen MR) is 85.7 cm³/mol. The van der Waals surface area contributed by atoms with Crippen molar-refractivity contribution < 1.29 is 9.53 Å². The van der Waals surface area contributed by atoms with Gasteiger partial charge < -0.3 is 9.64 Å². The number of nitrogens with zero attached hydrogens (tertiary/aromatic N) is 4. The molecule has 0 spiro atoms. The number of rotatable bonds is 2. The third-order valence-electron chi connectivity index (χ3n) is 4.14. The van der Waals surface area contributed by atoms with Crippen LogP contribution in [0.5, 0.6) is 0 Å². The molecule has 1 atom stereocenters. The van der Waals surface area contributed by atoms with Crippen LogP contribution < -0.4 is 0 Å². The van der Waals surface area contributed by atoms with E-state index in [1.165, 1.54) is 0 Å². The van der Waals surface area contributed by atoms with Gasteiger partial charge in [0.25, 0.3) is 0 Å². The maximum atomic E-state index is 12.1. The Morgan fingerprint density at radius 2 is 2.09 bits per heavy atom. The van der Waals surface area contributed by atoms with Gasteiger partial charge in [-0.3, -0.25) is 0 Å². The van der Waals surface area contributed by atoms with Crippen molar-refractivity contribution in [2.24, 2.45) is 5.92 Å². The van der Waals surface area contributed by atoms with Crippen LogP contribution in [-0.4, -0.2) is 39.7 Å². The van der Waals surface area contributed by atoms with Crippen LogP contribution in [0.25, 0.3) is 0 Å². The summed E-state index contributed by atoms with van der Waals surface area (Å²) in [5.41, 5.74) is 0.433. The van der Waals surface area contributed by atoms with Crippen molar-refractivity contribution in [1.82, 2.24) is 14.9 Å². The quantitative estimate of drug-likeness (QED) is 0.837. The molecule has 1 saturated heterocycles. The van der Waals surface area contributed by atoms with Crippen LogP contribution in [0.2, 0.25) is 0 Å². The van der Waals surface area contributed by atoms with E-state index in [9.17, 15) is 4.79 Å². The Morgan fingerprint density at radius 1 is 1.43 bits per heavy atom. The third kappa shape index (κ3) is 4.65. The molecule has 124 valence electrons. The second-order valence-corrected chi connectivity index (χ2v) is 7.01. The fraction of sp³-hybridized carbons (Fsp3) is 0.647. The van der Waals surface area contributed by atoms with Crippen LogP contribution in [0, 0.1) is 17.2 Å². The van der Waals surface area contributed by atoms with E-state index in [1.54, 1.807) is 11.1 Å². The molecule has 0 N–H and O–H groups in total. The molecule has 0 aliphatic carbocycles. The van der Waals surface area contributed by atoms with Crippen LogP contribution in [0.1, 0.15) is 58.0 Å². The Balaban J connectivity index is 1.93. The number of carbonyl (C=O) groups excluding carboxylic acids is 1. The van der Waals surface area contributed by atoms with Gasteiger partial charge in [-0.05, 0) is 45.6 Å². The number of hydrogen-bond donors (Lipinski definition) is 0. The molecule has 0 radical (unpaired) electrons. The van der Waals surface area contributed by atoms with Crippen molar-refractivity contribution in [2.45, 2.75) is 52.1 Å². The number of likely N-dealkylation sites (tertiary alicyclic amines) is 1. The van der Waals surface area contributed by atoms with Crippen LogP contribution in [-0.2, 0) is 4.74 Å². The molecular weight excluding hydrogens is 292 g/mol. The molecule has 1 aromatic heterocycles. The van der Waals surface area contributed by atoms with E-state index < -0.39 is 5.60 Å². The highest BCUT2D eigenvalue weighted by Crippen LogP contribution is 2.31. The molecule has 1 aromatic rings. The van der Waals surface area contributed by atoms with Gasteiger partial charge in [-0.25, -0.2) is 14.8 Å². The van der Waals surface area contributed by atoms with E-state index in [0.717, 1.165) is 18.5 Å². The molecule has 1 aliphatic rings. The molecule has 1 unspecified atom stereocenters. The number of carbonyl (C=O) groups is 1. The van der Waals surface area contributed by atoms with Crippen molar-refractivity contribution in [3.05, 3.63) is 23.8 Å². The first-order chi connectivity index (χ1) is 10.8. The maximum Gasteiger partial charge on any atom is 0.410 e. The van der Waals surface area contributed by atoms with Gasteiger partial charge >= 0.3 is 6.09 Å². The first kappa shape index (κ1) is 17.2. The van der Waals surface area contributed by atoms with Crippen molar-refractivity contribution in [2.75, 3.05) is 13.1 Å². The molecule has 2 heterocycles. The zero-order valence-electron chi connectivity index (χ0n) is 14.2. The molecule has 6 heteroatoms. The largest absolute Gasteiger partial charge is 0.444 e. The number of aromatic nitrogens is 2. The van der Waals surface area contributed by atoms with E-state index >= 15 is 0 Å². The predicted octanol–water partition coefficient (Wildman–Crippen LogP) is 3.10. The number of ether oxygens (including phenoxy) is 1. The van der Waals surface area contributed by atoms with Crippen molar-refractivity contribution in [3.63, 3.8) is 0 Å². The summed E-state index contributed by atoms with van der Waals surface area (Å²) < 4.78 is 5.42. The average molecular weight is 316 g/mol.